The van der Waals surface area contributed by atoms with E-state index in [1.165, 1.54) is 5.56 Å². The normalized spacial score (nSPS) is 18.0. The van der Waals surface area contributed by atoms with Crippen molar-refractivity contribution in [1.29, 1.82) is 0 Å². The van der Waals surface area contributed by atoms with E-state index in [9.17, 15) is 0 Å². The Morgan fingerprint density at radius 2 is 1.84 bits per heavy atom. The van der Waals surface area contributed by atoms with E-state index in [0.29, 0.717) is 0 Å². The van der Waals surface area contributed by atoms with E-state index in [1.54, 1.807) is 11.8 Å². The lowest BCUT2D eigenvalue weighted by Gasteiger charge is -2.08. The second-order valence-electron chi connectivity index (χ2n) is 4.61. The van der Waals surface area contributed by atoms with Crippen LogP contribution in [0.25, 0.3) is 0 Å². The third kappa shape index (κ3) is 2.63. The molecule has 0 spiro atoms. The highest BCUT2D eigenvalue weighted by Crippen LogP contribution is 2.33. The molecule has 0 amide bonds. The molecule has 1 atom stereocenters. The molecule has 3 rings (SSSR count). The van der Waals surface area contributed by atoms with E-state index >= 15 is 0 Å². The molecule has 0 fully saturated rings. The van der Waals surface area contributed by atoms with Crippen molar-refractivity contribution in [3.05, 3.63) is 65.0 Å². The van der Waals surface area contributed by atoms with Gasteiger partial charge in [0.25, 0.3) is 0 Å². The summed E-state index contributed by atoms with van der Waals surface area (Å²) in [6, 6.07) is 14.5. The number of hydrogen-bond acceptors (Lipinski definition) is 4. The number of nitrogens with one attached hydrogen (secondary N) is 1. The second kappa shape index (κ2) is 5.05. The molecule has 19 heavy (non-hydrogen) atoms. The highest BCUT2D eigenvalue weighted by molar-refractivity contribution is 8.14. The highest BCUT2D eigenvalue weighted by Gasteiger charge is 2.22. The first-order valence-electron chi connectivity index (χ1n) is 6.23. The summed E-state index contributed by atoms with van der Waals surface area (Å²) < 4.78 is 0. The van der Waals surface area contributed by atoms with E-state index < -0.39 is 0 Å². The number of aryl methyl sites for hydroxylation is 2. The number of hydrazone groups is 1. The molecule has 1 unspecified atom stereocenters. The van der Waals surface area contributed by atoms with Crippen LogP contribution in [-0.2, 0) is 0 Å². The second-order valence-corrected chi connectivity index (χ2v) is 5.71. The minimum absolute atomic E-state index is 0.108. The van der Waals surface area contributed by atoms with Crippen LogP contribution in [-0.4, -0.2) is 10.0 Å². The van der Waals surface area contributed by atoms with Gasteiger partial charge in [-0.1, -0.05) is 47.7 Å². The molecule has 0 aliphatic carbocycles. The Hall–Kier alpha value is -1.81. The molecule has 2 aromatic rings. The largest absolute Gasteiger partial charge is 0.289 e. The summed E-state index contributed by atoms with van der Waals surface area (Å²) in [5.41, 5.74) is 7.62. The average Bonchev–Trinajstić information content (AvgIpc) is 2.89. The van der Waals surface area contributed by atoms with Crippen LogP contribution in [0.4, 0.5) is 0 Å². The number of benzene rings is 1. The lowest BCUT2D eigenvalue weighted by Crippen LogP contribution is -2.08. The van der Waals surface area contributed by atoms with Gasteiger partial charge in [0.15, 0.2) is 0 Å². The van der Waals surface area contributed by atoms with Crippen molar-refractivity contribution in [1.82, 2.24) is 10.4 Å². The fraction of sp³-hybridized carbons (Fsp3) is 0.200. The van der Waals surface area contributed by atoms with Gasteiger partial charge in [0.2, 0.25) is 0 Å². The summed E-state index contributed by atoms with van der Waals surface area (Å²) in [6.45, 7) is 4.09. The van der Waals surface area contributed by atoms with Crippen LogP contribution in [0.2, 0.25) is 0 Å². The van der Waals surface area contributed by atoms with Crippen LogP contribution < -0.4 is 5.43 Å². The van der Waals surface area contributed by atoms with Gasteiger partial charge < -0.3 is 0 Å². The first kappa shape index (κ1) is 12.2. The van der Waals surface area contributed by atoms with Crippen LogP contribution in [0.3, 0.4) is 0 Å². The zero-order chi connectivity index (χ0) is 13.2. The quantitative estimate of drug-likeness (QED) is 0.908. The lowest BCUT2D eigenvalue weighted by molar-refractivity contribution is 0.722. The smallest absolute Gasteiger partial charge is 0.137 e. The molecule has 1 aromatic heterocycles. The van der Waals surface area contributed by atoms with E-state index in [-0.39, 0.29) is 5.37 Å². The lowest BCUT2D eigenvalue weighted by atomic mass is 10.2. The monoisotopic (exact) mass is 269 g/mol. The first-order valence-corrected chi connectivity index (χ1v) is 7.11. The van der Waals surface area contributed by atoms with Gasteiger partial charge in [0, 0.05) is 11.3 Å². The van der Waals surface area contributed by atoms with Gasteiger partial charge in [-0.15, -0.1) is 0 Å². The number of rotatable bonds is 2. The van der Waals surface area contributed by atoms with Crippen molar-refractivity contribution in [2.75, 3.05) is 0 Å². The first-order chi connectivity index (χ1) is 9.22. The molecular formula is C15H15N3S. The SMILES string of the molecule is Cc1ccc(C2=NNC(c3cccc(C)n3)S2)cc1. The Kier molecular flexibility index (Phi) is 3.25. The zero-order valence-electron chi connectivity index (χ0n) is 10.9. The molecule has 1 aliphatic rings. The molecule has 2 heterocycles. The molecule has 0 saturated heterocycles. The van der Waals surface area contributed by atoms with Gasteiger partial charge in [0.1, 0.15) is 10.4 Å². The summed E-state index contributed by atoms with van der Waals surface area (Å²) in [5, 5.41) is 5.54. The Morgan fingerprint density at radius 1 is 1.05 bits per heavy atom. The third-order valence-electron chi connectivity index (χ3n) is 2.99. The van der Waals surface area contributed by atoms with E-state index in [1.807, 2.05) is 25.1 Å². The maximum Gasteiger partial charge on any atom is 0.137 e. The number of thioether (sulfide) groups is 1. The van der Waals surface area contributed by atoms with Crippen molar-refractivity contribution >= 4 is 16.8 Å². The average molecular weight is 269 g/mol. The summed E-state index contributed by atoms with van der Waals surface area (Å²) in [7, 11) is 0. The van der Waals surface area contributed by atoms with Crippen LogP contribution in [0.15, 0.2) is 47.6 Å². The van der Waals surface area contributed by atoms with Crippen LogP contribution >= 0.6 is 11.8 Å². The van der Waals surface area contributed by atoms with Gasteiger partial charge in [-0.3, -0.25) is 10.4 Å². The minimum Gasteiger partial charge on any atom is -0.289 e. The Balaban J connectivity index is 1.78. The highest BCUT2D eigenvalue weighted by atomic mass is 32.2. The fourth-order valence-electron chi connectivity index (χ4n) is 1.95. The number of pyridine rings is 1. The Bertz CT molecular complexity index is 620. The summed E-state index contributed by atoms with van der Waals surface area (Å²) >= 11 is 1.71. The van der Waals surface area contributed by atoms with Crippen molar-refractivity contribution < 1.29 is 0 Å². The van der Waals surface area contributed by atoms with Crippen LogP contribution in [0.5, 0.6) is 0 Å². The predicted molar refractivity (Wildman–Crippen MR) is 80.2 cm³/mol. The van der Waals surface area contributed by atoms with Gasteiger partial charge >= 0.3 is 0 Å². The molecule has 96 valence electrons. The van der Waals surface area contributed by atoms with Crippen LogP contribution in [0, 0.1) is 13.8 Å². The minimum atomic E-state index is 0.108. The van der Waals surface area contributed by atoms with Gasteiger partial charge in [-0.2, -0.15) is 5.10 Å². The summed E-state index contributed by atoms with van der Waals surface area (Å²) in [6.07, 6.45) is 0. The van der Waals surface area contributed by atoms with E-state index in [4.69, 9.17) is 0 Å². The topological polar surface area (TPSA) is 37.3 Å². The summed E-state index contributed by atoms with van der Waals surface area (Å²) in [4.78, 5) is 4.54. The zero-order valence-corrected chi connectivity index (χ0v) is 11.7. The molecule has 0 saturated carbocycles. The summed E-state index contributed by atoms with van der Waals surface area (Å²) in [5.74, 6) is 0. The molecule has 0 bridgehead atoms. The van der Waals surface area contributed by atoms with Gasteiger partial charge in [-0.05, 0) is 26.0 Å². The maximum absolute atomic E-state index is 4.54. The van der Waals surface area contributed by atoms with Gasteiger partial charge in [0.05, 0.1) is 5.69 Å². The van der Waals surface area contributed by atoms with E-state index in [0.717, 1.165) is 22.0 Å². The van der Waals surface area contributed by atoms with E-state index in [2.05, 4.69) is 46.7 Å². The van der Waals surface area contributed by atoms with Crippen molar-refractivity contribution in [3.63, 3.8) is 0 Å². The molecule has 1 aliphatic heterocycles. The van der Waals surface area contributed by atoms with Crippen molar-refractivity contribution in [3.8, 4) is 0 Å². The van der Waals surface area contributed by atoms with Crippen LogP contribution in [0.1, 0.15) is 27.9 Å². The predicted octanol–water partition coefficient (Wildman–Crippen LogP) is 3.40. The van der Waals surface area contributed by atoms with Crippen molar-refractivity contribution in [2.45, 2.75) is 19.2 Å². The molecular weight excluding hydrogens is 254 g/mol. The van der Waals surface area contributed by atoms with Crippen molar-refractivity contribution in [2.24, 2.45) is 5.10 Å². The molecule has 1 N–H and O–H groups in total. The molecule has 4 heteroatoms. The molecule has 0 radical (unpaired) electrons. The Labute approximate surface area is 117 Å². The Morgan fingerprint density at radius 3 is 2.58 bits per heavy atom. The number of nitrogens with zero attached hydrogens (tertiary/aromatic N) is 2. The third-order valence-corrected chi connectivity index (χ3v) is 4.12. The molecule has 1 aromatic carbocycles. The fourth-order valence-corrected chi connectivity index (χ4v) is 2.91. The standard InChI is InChI=1S/C15H15N3S/c1-10-6-8-12(9-7-10)14-17-18-15(19-14)13-5-3-4-11(2)16-13/h3-9,15,18H,1-2H3. The number of hydrogen-bond donors (Lipinski definition) is 1. The van der Waals surface area contributed by atoms with Gasteiger partial charge in [-0.25, -0.2) is 0 Å². The molecule has 3 nitrogen and oxygen atoms in total. The number of aromatic nitrogens is 1. The maximum atomic E-state index is 4.54.